The van der Waals surface area contributed by atoms with Crippen LogP contribution in [0, 0.1) is 5.92 Å². The molecule has 0 bridgehead atoms. The highest BCUT2D eigenvalue weighted by Gasteiger charge is 2.32. The third-order valence-electron chi connectivity index (χ3n) is 3.49. The fraction of sp³-hybridized carbons (Fsp3) is 0.812. The number of nitrogens with zero attached hydrogens (tertiary/aromatic N) is 1. The molecule has 1 fully saturated rings. The van der Waals surface area contributed by atoms with Crippen molar-refractivity contribution in [1.29, 1.82) is 0 Å². The molecule has 0 aromatic heterocycles. The molecule has 0 spiro atoms. The molecule has 2 atom stereocenters. The molecule has 1 rings (SSSR count). The van der Waals surface area contributed by atoms with Crippen molar-refractivity contribution in [3.05, 3.63) is 0 Å². The summed E-state index contributed by atoms with van der Waals surface area (Å²) in [6.45, 7) is 11.6. The fourth-order valence-corrected chi connectivity index (χ4v) is 2.42. The van der Waals surface area contributed by atoms with Gasteiger partial charge >= 0.3 is 6.09 Å². The molecule has 1 saturated heterocycles. The molecule has 1 heterocycles. The average Bonchev–Trinajstić information content (AvgIpc) is 2.81. The summed E-state index contributed by atoms with van der Waals surface area (Å²) in [4.78, 5) is 37.1. The van der Waals surface area contributed by atoms with Crippen molar-refractivity contribution in [1.82, 2.24) is 15.5 Å². The Bertz CT molecular complexity index is 457. The maximum Gasteiger partial charge on any atom is 0.410 e. The number of ether oxygens (including phenoxy) is 1. The molecule has 0 aliphatic carbocycles. The number of carbonyl (C=O) groups is 3. The molecular formula is C16H29N3O4. The zero-order valence-electron chi connectivity index (χ0n) is 14.9. The molecule has 132 valence electrons. The molecule has 23 heavy (non-hydrogen) atoms. The third kappa shape index (κ3) is 6.46. The van der Waals surface area contributed by atoms with Crippen LogP contribution in [0.15, 0.2) is 0 Å². The summed E-state index contributed by atoms with van der Waals surface area (Å²) >= 11 is 0. The first-order chi connectivity index (χ1) is 10.5. The smallest absolute Gasteiger partial charge is 0.410 e. The average molecular weight is 327 g/mol. The molecule has 0 aromatic carbocycles. The molecule has 1 aliphatic rings. The van der Waals surface area contributed by atoms with E-state index in [0.29, 0.717) is 19.5 Å². The fourth-order valence-electron chi connectivity index (χ4n) is 2.42. The second kappa shape index (κ2) is 7.66. The summed E-state index contributed by atoms with van der Waals surface area (Å²) in [6.07, 6.45) is 0.312. The molecule has 0 aromatic rings. The Hall–Kier alpha value is -1.79. The summed E-state index contributed by atoms with van der Waals surface area (Å²) in [5.74, 6) is -0.464. The van der Waals surface area contributed by atoms with Gasteiger partial charge in [0.05, 0.1) is 0 Å². The first kappa shape index (κ1) is 19.3. The van der Waals surface area contributed by atoms with Gasteiger partial charge in [-0.15, -0.1) is 0 Å². The number of hydrogen-bond acceptors (Lipinski definition) is 4. The van der Waals surface area contributed by atoms with E-state index in [1.807, 2.05) is 34.6 Å². The molecule has 0 radical (unpaired) electrons. The number of carbonyl (C=O) groups excluding carboxylic acids is 3. The second-order valence-corrected chi connectivity index (χ2v) is 7.34. The predicted octanol–water partition coefficient (Wildman–Crippen LogP) is 1.27. The number of hydrogen-bond donors (Lipinski definition) is 2. The predicted molar refractivity (Wildman–Crippen MR) is 86.8 cm³/mol. The molecule has 7 nitrogen and oxygen atoms in total. The Balaban J connectivity index is 2.54. The topological polar surface area (TPSA) is 87.7 Å². The number of rotatable bonds is 4. The molecule has 1 aliphatic heterocycles. The minimum atomic E-state index is -0.567. The van der Waals surface area contributed by atoms with Gasteiger partial charge in [0, 0.05) is 26.1 Å². The lowest BCUT2D eigenvalue weighted by Gasteiger charge is -2.25. The van der Waals surface area contributed by atoms with Crippen molar-refractivity contribution >= 4 is 17.9 Å². The normalized spacial score (nSPS) is 19.4. The zero-order valence-corrected chi connectivity index (χ0v) is 14.9. The van der Waals surface area contributed by atoms with Gasteiger partial charge in [-0.3, -0.25) is 9.59 Å². The summed E-state index contributed by atoms with van der Waals surface area (Å²) in [5, 5.41) is 5.57. The Morgan fingerprint density at radius 1 is 1.22 bits per heavy atom. The number of likely N-dealkylation sites (tertiary alicyclic amines) is 1. The van der Waals surface area contributed by atoms with Crippen molar-refractivity contribution in [2.24, 2.45) is 5.92 Å². The minimum Gasteiger partial charge on any atom is -0.444 e. The van der Waals surface area contributed by atoms with Gasteiger partial charge < -0.3 is 20.3 Å². The monoisotopic (exact) mass is 327 g/mol. The van der Waals surface area contributed by atoms with Gasteiger partial charge in [-0.2, -0.15) is 0 Å². The standard InChI is InChI=1S/C16H29N3O4/c1-10(2)13(17-11(3)20)14(21)18-12-7-8-19(9-12)15(22)23-16(4,5)6/h10,12-13H,7-9H2,1-6H3,(H,17,20)(H,18,21)/t12-,13-/m1/s1. The van der Waals surface area contributed by atoms with Crippen LogP contribution in [0.3, 0.4) is 0 Å². The Kier molecular flexibility index (Phi) is 6.41. The highest BCUT2D eigenvalue weighted by molar-refractivity contribution is 5.87. The van der Waals surface area contributed by atoms with Crippen LogP contribution in [0.5, 0.6) is 0 Å². The van der Waals surface area contributed by atoms with Crippen molar-refractivity contribution < 1.29 is 19.1 Å². The van der Waals surface area contributed by atoms with Gasteiger partial charge in [0.15, 0.2) is 0 Å². The summed E-state index contributed by atoms with van der Waals surface area (Å²) in [7, 11) is 0. The molecular weight excluding hydrogens is 298 g/mol. The third-order valence-corrected chi connectivity index (χ3v) is 3.49. The Labute approximate surface area is 138 Å². The zero-order chi connectivity index (χ0) is 17.8. The number of nitrogens with one attached hydrogen (secondary N) is 2. The van der Waals surface area contributed by atoms with Crippen LogP contribution in [-0.4, -0.2) is 53.6 Å². The second-order valence-electron chi connectivity index (χ2n) is 7.34. The largest absolute Gasteiger partial charge is 0.444 e. The van der Waals surface area contributed by atoms with Crippen LogP contribution in [0.4, 0.5) is 4.79 Å². The van der Waals surface area contributed by atoms with E-state index in [2.05, 4.69) is 10.6 Å². The van der Waals surface area contributed by atoms with Crippen molar-refractivity contribution in [3.8, 4) is 0 Å². The molecule has 0 unspecified atom stereocenters. The lowest BCUT2D eigenvalue weighted by Crippen LogP contribution is -2.52. The van der Waals surface area contributed by atoms with E-state index in [1.165, 1.54) is 6.92 Å². The SMILES string of the molecule is CC(=O)N[C@@H](C(=O)N[C@@H]1CCN(C(=O)OC(C)(C)C)C1)C(C)C. The van der Waals surface area contributed by atoms with E-state index < -0.39 is 11.6 Å². The Morgan fingerprint density at radius 2 is 1.83 bits per heavy atom. The van der Waals surface area contributed by atoms with Gasteiger partial charge in [-0.1, -0.05) is 13.8 Å². The Morgan fingerprint density at radius 3 is 2.30 bits per heavy atom. The van der Waals surface area contributed by atoms with E-state index in [0.717, 1.165) is 0 Å². The first-order valence-corrected chi connectivity index (χ1v) is 8.05. The van der Waals surface area contributed by atoms with E-state index in [9.17, 15) is 14.4 Å². The van der Waals surface area contributed by atoms with Crippen LogP contribution >= 0.6 is 0 Å². The number of amides is 3. The summed E-state index contributed by atoms with van der Waals surface area (Å²) in [5.41, 5.74) is -0.535. The van der Waals surface area contributed by atoms with Crippen LogP contribution in [-0.2, 0) is 14.3 Å². The highest BCUT2D eigenvalue weighted by Crippen LogP contribution is 2.15. The van der Waals surface area contributed by atoms with E-state index >= 15 is 0 Å². The first-order valence-electron chi connectivity index (χ1n) is 8.05. The van der Waals surface area contributed by atoms with E-state index in [1.54, 1.807) is 4.90 Å². The highest BCUT2D eigenvalue weighted by atomic mass is 16.6. The molecule has 7 heteroatoms. The van der Waals surface area contributed by atoms with Gasteiger partial charge in [0.2, 0.25) is 11.8 Å². The van der Waals surface area contributed by atoms with E-state index in [4.69, 9.17) is 4.74 Å². The van der Waals surface area contributed by atoms with Gasteiger partial charge in [-0.25, -0.2) is 4.79 Å². The van der Waals surface area contributed by atoms with Gasteiger partial charge in [0.1, 0.15) is 11.6 Å². The van der Waals surface area contributed by atoms with Crippen LogP contribution in [0.1, 0.15) is 48.0 Å². The van der Waals surface area contributed by atoms with E-state index in [-0.39, 0.29) is 29.9 Å². The summed E-state index contributed by atoms with van der Waals surface area (Å²) in [6, 6.07) is -0.687. The van der Waals surface area contributed by atoms with Crippen LogP contribution in [0.2, 0.25) is 0 Å². The van der Waals surface area contributed by atoms with Crippen LogP contribution in [0.25, 0.3) is 0 Å². The molecule has 3 amide bonds. The van der Waals surface area contributed by atoms with Crippen LogP contribution < -0.4 is 10.6 Å². The molecule has 0 saturated carbocycles. The minimum absolute atomic E-state index is 0.0118. The summed E-state index contributed by atoms with van der Waals surface area (Å²) < 4.78 is 5.33. The van der Waals surface area contributed by atoms with Crippen molar-refractivity contribution in [2.45, 2.75) is 65.6 Å². The maximum atomic E-state index is 12.3. The van der Waals surface area contributed by atoms with Gasteiger partial charge in [0.25, 0.3) is 0 Å². The molecule has 2 N–H and O–H groups in total. The quantitative estimate of drug-likeness (QED) is 0.814. The lowest BCUT2D eigenvalue weighted by atomic mass is 10.0. The van der Waals surface area contributed by atoms with Gasteiger partial charge in [-0.05, 0) is 33.1 Å². The van der Waals surface area contributed by atoms with Crippen molar-refractivity contribution in [2.75, 3.05) is 13.1 Å². The maximum absolute atomic E-state index is 12.3. The lowest BCUT2D eigenvalue weighted by molar-refractivity contribution is -0.129. The van der Waals surface area contributed by atoms with Crippen molar-refractivity contribution in [3.63, 3.8) is 0 Å².